The van der Waals surface area contributed by atoms with Crippen molar-refractivity contribution in [2.45, 2.75) is 0 Å². The molecule has 0 spiro atoms. The summed E-state index contributed by atoms with van der Waals surface area (Å²) in [5.74, 6) is 1.23. The smallest absolute Gasteiger partial charge is 0.203 e. The zero-order valence-corrected chi connectivity index (χ0v) is 25.3. The molecule has 4 aromatic carbocycles. The van der Waals surface area contributed by atoms with Crippen LogP contribution in [0.25, 0.3) is 61.3 Å². The molecule has 1 N–H and O–H groups in total. The molecule has 8 rings (SSSR count). The summed E-state index contributed by atoms with van der Waals surface area (Å²) in [5, 5.41) is 7.49. The van der Waals surface area contributed by atoms with Crippen molar-refractivity contribution in [3.8, 4) is 56.6 Å². The molecule has 0 bridgehead atoms. The molecule has 3 heterocycles. The quantitative estimate of drug-likeness (QED) is 0.204. The Hall–Kier alpha value is -5.60. The molecule has 0 aliphatic heterocycles. The van der Waals surface area contributed by atoms with Gasteiger partial charge >= 0.3 is 0 Å². The topological polar surface area (TPSA) is 91.3 Å². The fourth-order valence-corrected chi connectivity index (χ4v) is 6.50. The average molecular weight is 613 g/mol. The number of hydrogen-bond acceptors (Lipinski definition) is 6. The standard InChI is InChI=1S/C36H25ClN4O4/c1-43-27-17-16-24(34(44-2)35(27)45-3)28-29-31(22-9-4-5-10-23(22)33(29)42)39-36-30(28)32(25-18-38-26-11-7-6-8-21(25)26)40-41(36)20-14-12-19(37)13-15-20/h4-18,38H,1-3H3. The van der Waals surface area contributed by atoms with Crippen LogP contribution in [0, 0.1) is 0 Å². The summed E-state index contributed by atoms with van der Waals surface area (Å²) >= 11 is 6.29. The summed E-state index contributed by atoms with van der Waals surface area (Å²) < 4.78 is 19.2. The molecule has 45 heavy (non-hydrogen) atoms. The highest BCUT2D eigenvalue weighted by molar-refractivity contribution is 6.30. The van der Waals surface area contributed by atoms with Gasteiger partial charge in [0.15, 0.2) is 22.9 Å². The summed E-state index contributed by atoms with van der Waals surface area (Å²) in [4.78, 5) is 22.9. The number of aromatic nitrogens is 4. The van der Waals surface area contributed by atoms with E-state index < -0.39 is 0 Å². The Morgan fingerprint density at radius 3 is 2.20 bits per heavy atom. The molecule has 0 saturated carbocycles. The van der Waals surface area contributed by atoms with Gasteiger partial charge in [-0.1, -0.05) is 54.1 Å². The lowest BCUT2D eigenvalue weighted by atomic mass is 9.92. The predicted octanol–water partition coefficient (Wildman–Crippen LogP) is 8.13. The van der Waals surface area contributed by atoms with E-state index >= 15 is 0 Å². The molecule has 0 atom stereocenters. The van der Waals surface area contributed by atoms with Crippen molar-refractivity contribution >= 4 is 39.3 Å². The summed E-state index contributed by atoms with van der Waals surface area (Å²) in [6.45, 7) is 0. The van der Waals surface area contributed by atoms with E-state index in [1.807, 2.05) is 95.8 Å². The number of carbonyl (C=O) groups excluding carboxylic acids is 1. The normalized spacial score (nSPS) is 12.0. The number of nitrogens with zero attached hydrogens (tertiary/aromatic N) is 3. The minimum absolute atomic E-state index is 0.119. The molecule has 1 aliphatic rings. The first-order chi connectivity index (χ1) is 22.0. The van der Waals surface area contributed by atoms with Gasteiger partial charge in [0.1, 0.15) is 5.69 Å². The highest BCUT2D eigenvalue weighted by atomic mass is 35.5. The number of aromatic amines is 1. The van der Waals surface area contributed by atoms with Gasteiger partial charge in [-0.05, 0) is 42.5 Å². The molecule has 1 aliphatic carbocycles. The maximum atomic E-state index is 14.3. The van der Waals surface area contributed by atoms with E-state index in [-0.39, 0.29) is 5.78 Å². The van der Waals surface area contributed by atoms with Crippen molar-refractivity contribution in [1.82, 2.24) is 19.7 Å². The SMILES string of the molecule is COc1ccc(-c2c3c(nc4c2c(-c2c[nH]c5ccccc25)nn4-c2ccc(Cl)cc2)-c2ccccc2C3=O)c(OC)c1OC. The van der Waals surface area contributed by atoms with E-state index in [2.05, 4.69) is 4.98 Å². The van der Waals surface area contributed by atoms with Crippen molar-refractivity contribution in [3.63, 3.8) is 0 Å². The summed E-state index contributed by atoms with van der Waals surface area (Å²) in [6, 6.07) is 26.7. The van der Waals surface area contributed by atoms with Crippen LogP contribution in [0.4, 0.5) is 0 Å². The van der Waals surface area contributed by atoms with E-state index in [0.29, 0.717) is 66.9 Å². The third kappa shape index (κ3) is 3.89. The van der Waals surface area contributed by atoms with Crippen molar-refractivity contribution in [1.29, 1.82) is 0 Å². The molecule has 9 heteroatoms. The lowest BCUT2D eigenvalue weighted by Crippen LogP contribution is -2.04. The summed E-state index contributed by atoms with van der Waals surface area (Å²) in [7, 11) is 4.71. The second-order valence-corrected chi connectivity index (χ2v) is 11.1. The Labute approximate surface area is 262 Å². The fourth-order valence-electron chi connectivity index (χ4n) is 6.37. The minimum atomic E-state index is -0.119. The maximum absolute atomic E-state index is 14.3. The predicted molar refractivity (Wildman–Crippen MR) is 175 cm³/mol. The van der Waals surface area contributed by atoms with E-state index in [1.165, 1.54) is 0 Å². The fraction of sp³-hybridized carbons (Fsp3) is 0.0833. The van der Waals surface area contributed by atoms with Gasteiger partial charge in [0, 0.05) is 49.9 Å². The van der Waals surface area contributed by atoms with Crippen LogP contribution in [0.5, 0.6) is 17.2 Å². The molecule has 0 amide bonds. The second-order valence-electron chi connectivity index (χ2n) is 10.7. The number of ether oxygens (including phenoxy) is 3. The number of para-hydroxylation sites is 1. The summed E-state index contributed by atoms with van der Waals surface area (Å²) in [5.41, 5.74) is 7.54. The third-order valence-corrected chi connectivity index (χ3v) is 8.61. The molecular formula is C36H25ClN4O4. The largest absolute Gasteiger partial charge is 0.493 e. The Kier molecular flexibility index (Phi) is 6.14. The van der Waals surface area contributed by atoms with Crippen LogP contribution < -0.4 is 14.2 Å². The van der Waals surface area contributed by atoms with E-state index in [4.69, 9.17) is 35.9 Å². The Morgan fingerprint density at radius 2 is 1.44 bits per heavy atom. The second kappa shape index (κ2) is 10.2. The number of nitrogens with one attached hydrogen (secondary N) is 1. The van der Waals surface area contributed by atoms with Crippen molar-refractivity contribution < 1.29 is 19.0 Å². The number of pyridine rings is 1. The number of rotatable bonds is 6. The lowest BCUT2D eigenvalue weighted by Gasteiger charge is -2.18. The zero-order valence-electron chi connectivity index (χ0n) is 24.5. The number of ketones is 1. The number of methoxy groups -OCH3 is 3. The van der Waals surface area contributed by atoms with Crippen LogP contribution in [-0.2, 0) is 0 Å². The third-order valence-electron chi connectivity index (χ3n) is 8.36. The van der Waals surface area contributed by atoms with Crippen LogP contribution in [0.2, 0.25) is 5.02 Å². The van der Waals surface area contributed by atoms with Crippen LogP contribution in [0.15, 0.2) is 91.1 Å². The molecule has 8 nitrogen and oxygen atoms in total. The number of hydrogen-bond donors (Lipinski definition) is 1. The number of H-pyrrole nitrogens is 1. The monoisotopic (exact) mass is 612 g/mol. The number of carbonyl (C=O) groups is 1. The van der Waals surface area contributed by atoms with Gasteiger partial charge in [0.25, 0.3) is 0 Å². The van der Waals surface area contributed by atoms with Crippen LogP contribution in [-0.4, -0.2) is 46.9 Å². The highest BCUT2D eigenvalue weighted by Crippen LogP contribution is 2.52. The van der Waals surface area contributed by atoms with E-state index in [1.54, 1.807) is 21.3 Å². The molecule has 0 saturated heterocycles. The average Bonchev–Trinajstić information content (AvgIpc) is 3.76. The molecule has 0 fully saturated rings. The van der Waals surface area contributed by atoms with Crippen LogP contribution >= 0.6 is 11.6 Å². The van der Waals surface area contributed by atoms with Crippen molar-refractivity contribution in [2.24, 2.45) is 0 Å². The number of fused-ring (bicyclic) bond motifs is 5. The van der Waals surface area contributed by atoms with E-state index in [0.717, 1.165) is 27.7 Å². The first-order valence-corrected chi connectivity index (χ1v) is 14.6. The van der Waals surface area contributed by atoms with Gasteiger partial charge in [0.2, 0.25) is 5.75 Å². The molecule has 3 aromatic heterocycles. The molecule has 220 valence electrons. The van der Waals surface area contributed by atoms with Gasteiger partial charge in [-0.15, -0.1) is 0 Å². The van der Waals surface area contributed by atoms with E-state index in [9.17, 15) is 4.79 Å². The van der Waals surface area contributed by atoms with Gasteiger partial charge < -0.3 is 19.2 Å². The van der Waals surface area contributed by atoms with Gasteiger partial charge in [-0.25, -0.2) is 9.67 Å². The first kappa shape index (κ1) is 27.0. The molecule has 0 radical (unpaired) electrons. The highest BCUT2D eigenvalue weighted by Gasteiger charge is 2.36. The Bertz CT molecular complexity index is 2320. The maximum Gasteiger partial charge on any atom is 0.203 e. The molecular weight excluding hydrogens is 588 g/mol. The van der Waals surface area contributed by atoms with Gasteiger partial charge in [0.05, 0.1) is 43.7 Å². The molecule has 0 unspecified atom stereocenters. The Balaban J connectivity index is 1.59. The summed E-state index contributed by atoms with van der Waals surface area (Å²) in [6.07, 6.45) is 1.94. The lowest BCUT2D eigenvalue weighted by molar-refractivity contribution is 0.104. The molecule has 7 aromatic rings. The van der Waals surface area contributed by atoms with Gasteiger partial charge in [-0.2, -0.15) is 5.10 Å². The van der Waals surface area contributed by atoms with Crippen LogP contribution in [0.3, 0.4) is 0 Å². The minimum Gasteiger partial charge on any atom is -0.493 e. The first-order valence-electron chi connectivity index (χ1n) is 14.3. The number of halogens is 1. The zero-order chi connectivity index (χ0) is 30.8. The van der Waals surface area contributed by atoms with Gasteiger partial charge in [-0.3, -0.25) is 4.79 Å². The Morgan fingerprint density at radius 1 is 0.711 bits per heavy atom. The van der Waals surface area contributed by atoms with Crippen molar-refractivity contribution in [2.75, 3.05) is 21.3 Å². The van der Waals surface area contributed by atoms with Crippen LogP contribution in [0.1, 0.15) is 15.9 Å². The van der Waals surface area contributed by atoms with Crippen molar-refractivity contribution in [3.05, 3.63) is 107 Å². The number of benzene rings is 4.